The first-order chi connectivity index (χ1) is 12.9. The van der Waals surface area contributed by atoms with Crippen molar-refractivity contribution in [1.82, 2.24) is 10.2 Å². The molecule has 1 atom stereocenters. The highest BCUT2D eigenvalue weighted by molar-refractivity contribution is 5.93. The van der Waals surface area contributed by atoms with Crippen LogP contribution in [0.4, 0.5) is 5.69 Å². The molecule has 0 saturated carbocycles. The van der Waals surface area contributed by atoms with E-state index in [1.54, 1.807) is 0 Å². The maximum atomic E-state index is 12.7. The molecular weight excluding hydrogens is 346 g/mol. The van der Waals surface area contributed by atoms with Crippen LogP contribution < -0.4 is 10.6 Å². The second-order valence-corrected chi connectivity index (χ2v) is 6.90. The van der Waals surface area contributed by atoms with Crippen LogP contribution in [-0.4, -0.2) is 55.0 Å². The average molecular weight is 375 g/mol. The van der Waals surface area contributed by atoms with Gasteiger partial charge in [0.2, 0.25) is 11.8 Å². The average Bonchev–Trinajstić information content (AvgIpc) is 2.61. The maximum Gasteiger partial charge on any atom is 0.308 e. The van der Waals surface area contributed by atoms with Crippen LogP contribution in [0.5, 0.6) is 0 Å². The molecule has 27 heavy (non-hydrogen) atoms. The Bertz CT molecular complexity index is 670. The van der Waals surface area contributed by atoms with Gasteiger partial charge in [0, 0.05) is 18.8 Å². The highest BCUT2D eigenvalue weighted by atomic mass is 16.5. The van der Waals surface area contributed by atoms with Gasteiger partial charge in [-0.3, -0.25) is 14.4 Å². The molecule has 1 aliphatic rings. The molecule has 0 radical (unpaired) electrons. The summed E-state index contributed by atoms with van der Waals surface area (Å²) in [5.74, 6) is -0.977. The zero-order chi connectivity index (χ0) is 19.8. The van der Waals surface area contributed by atoms with Crippen molar-refractivity contribution < 1.29 is 19.1 Å². The number of rotatable bonds is 8. The molecule has 1 aromatic carbocycles. The molecule has 2 N–H and O–H groups in total. The van der Waals surface area contributed by atoms with Gasteiger partial charge in [0.25, 0.3) is 0 Å². The summed E-state index contributed by atoms with van der Waals surface area (Å²) >= 11 is 0. The number of ether oxygens (including phenoxy) is 1. The molecule has 0 aromatic heterocycles. The Hall–Kier alpha value is -2.57. The van der Waals surface area contributed by atoms with Gasteiger partial charge < -0.3 is 20.3 Å². The highest BCUT2D eigenvalue weighted by Gasteiger charge is 2.34. The van der Waals surface area contributed by atoms with E-state index in [0.717, 1.165) is 29.7 Å². The van der Waals surface area contributed by atoms with Gasteiger partial charge >= 0.3 is 5.97 Å². The van der Waals surface area contributed by atoms with Crippen LogP contribution in [0.15, 0.2) is 18.2 Å². The van der Waals surface area contributed by atoms with Crippen molar-refractivity contribution in [3.05, 3.63) is 29.3 Å². The maximum absolute atomic E-state index is 12.7. The third-order valence-electron chi connectivity index (χ3n) is 4.44. The molecule has 2 rings (SSSR count). The molecule has 1 fully saturated rings. The van der Waals surface area contributed by atoms with E-state index in [9.17, 15) is 14.4 Å². The Balaban J connectivity index is 1.96. The Labute approximate surface area is 160 Å². The quantitative estimate of drug-likeness (QED) is 0.534. The number of benzene rings is 1. The van der Waals surface area contributed by atoms with Crippen molar-refractivity contribution in [3.8, 4) is 0 Å². The van der Waals surface area contributed by atoms with Gasteiger partial charge in [-0.05, 0) is 43.5 Å². The van der Waals surface area contributed by atoms with Crippen LogP contribution in [0.25, 0.3) is 0 Å². The van der Waals surface area contributed by atoms with Crippen molar-refractivity contribution in [2.75, 3.05) is 31.6 Å². The summed E-state index contributed by atoms with van der Waals surface area (Å²) in [4.78, 5) is 38.3. The van der Waals surface area contributed by atoms with Crippen LogP contribution in [0.3, 0.4) is 0 Å². The number of piperazine rings is 1. The second kappa shape index (κ2) is 9.94. The number of anilines is 1. The molecule has 0 bridgehead atoms. The molecule has 0 spiro atoms. The number of hydrogen-bond acceptors (Lipinski definition) is 5. The van der Waals surface area contributed by atoms with Crippen molar-refractivity contribution in [2.45, 2.75) is 46.1 Å². The van der Waals surface area contributed by atoms with E-state index in [-0.39, 0.29) is 24.8 Å². The number of carbonyl (C=O) groups excluding carboxylic acids is 3. The van der Waals surface area contributed by atoms with Gasteiger partial charge in [0.1, 0.15) is 6.04 Å². The summed E-state index contributed by atoms with van der Waals surface area (Å²) in [6.45, 7) is 7.17. The van der Waals surface area contributed by atoms with Crippen LogP contribution in [0.2, 0.25) is 0 Å². The van der Waals surface area contributed by atoms with Gasteiger partial charge in [0.05, 0.1) is 19.6 Å². The summed E-state index contributed by atoms with van der Waals surface area (Å²) < 4.78 is 5.14. The van der Waals surface area contributed by atoms with E-state index in [0.29, 0.717) is 19.7 Å². The molecule has 7 nitrogen and oxygen atoms in total. The molecule has 1 heterocycles. The lowest BCUT2D eigenvalue weighted by molar-refractivity contribution is -0.151. The summed E-state index contributed by atoms with van der Waals surface area (Å²) in [5, 5.41) is 5.83. The predicted octanol–water partition coefficient (Wildman–Crippen LogP) is 1.78. The zero-order valence-electron chi connectivity index (χ0n) is 16.3. The summed E-state index contributed by atoms with van der Waals surface area (Å²) in [6, 6.07) is 5.17. The molecule has 148 valence electrons. The number of esters is 1. The fourth-order valence-electron chi connectivity index (χ4n) is 3.12. The minimum Gasteiger partial charge on any atom is -0.466 e. The summed E-state index contributed by atoms with van der Waals surface area (Å²) in [7, 11) is 0. The minimum atomic E-state index is -0.818. The van der Waals surface area contributed by atoms with Gasteiger partial charge in [-0.15, -0.1) is 0 Å². The number of nitrogens with one attached hydrogen (secondary N) is 2. The van der Waals surface area contributed by atoms with E-state index in [4.69, 9.17) is 4.74 Å². The molecule has 1 aliphatic heterocycles. The largest absolute Gasteiger partial charge is 0.466 e. The normalized spacial score (nSPS) is 16.6. The Morgan fingerprint density at radius 1 is 1.26 bits per heavy atom. The van der Waals surface area contributed by atoms with E-state index in [1.165, 1.54) is 4.90 Å². The summed E-state index contributed by atoms with van der Waals surface area (Å²) in [6.07, 6.45) is 1.59. The molecule has 1 unspecified atom stereocenters. The van der Waals surface area contributed by atoms with E-state index >= 15 is 0 Å². The Morgan fingerprint density at radius 3 is 2.63 bits per heavy atom. The van der Waals surface area contributed by atoms with Crippen LogP contribution >= 0.6 is 0 Å². The Kier molecular flexibility index (Phi) is 7.64. The minimum absolute atomic E-state index is 0.0670. The monoisotopic (exact) mass is 375 g/mol. The van der Waals surface area contributed by atoms with E-state index < -0.39 is 12.0 Å². The number of amides is 2. The van der Waals surface area contributed by atoms with E-state index in [2.05, 4.69) is 16.7 Å². The molecule has 0 aliphatic carbocycles. The fraction of sp³-hybridized carbons (Fsp3) is 0.550. The first kappa shape index (κ1) is 20.7. The zero-order valence-corrected chi connectivity index (χ0v) is 16.3. The molecule has 7 heteroatoms. The third-order valence-corrected chi connectivity index (χ3v) is 4.44. The highest BCUT2D eigenvalue weighted by Crippen LogP contribution is 2.15. The first-order valence-corrected chi connectivity index (χ1v) is 9.45. The van der Waals surface area contributed by atoms with Crippen LogP contribution in [-0.2, 0) is 19.1 Å². The molecule has 2 amide bonds. The van der Waals surface area contributed by atoms with Gasteiger partial charge in [-0.25, -0.2) is 0 Å². The topological polar surface area (TPSA) is 87.7 Å². The third kappa shape index (κ3) is 6.27. The number of unbranched alkanes of at least 4 members (excludes halogenated alkanes) is 1. The summed E-state index contributed by atoms with van der Waals surface area (Å²) in [5.41, 5.74) is 3.07. The van der Waals surface area contributed by atoms with Crippen molar-refractivity contribution >= 4 is 23.5 Å². The van der Waals surface area contributed by atoms with Crippen molar-refractivity contribution in [1.29, 1.82) is 0 Å². The SMILES string of the molecule is CCCCOC(=O)CC1C(=O)NCCN1C(=O)CNc1cc(C)cc(C)c1. The number of aryl methyl sites for hydroxylation is 2. The molecule has 1 saturated heterocycles. The fourth-order valence-corrected chi connectivity index (χ4v) is 3.12. The van der Waals surface area contributed by atoms with Crippen molar-refractivity contribution in [2.24, 2.45) is 0 Å². The lowest BCUT2D eigenvalue weighted by Crippen LogP contribution is -2.58. The van der Waals surface area contributed by atoms with Crippen molar-refractivity contribution in [3.63, 3.8) is 0 Å². The molecule has 1 aromatic rings. The number of carbonyl (C=O) groups is 3. The van der Waals surface area contributed by atoms with Gasteiger partial charge in [-0.2, -0.15) is 0 Å². The van der Waals surface area contributed by atoms with Crippen LogP contribution in [0, 0.1) is 13.8 Å². The predicted molar refractivity (Wildman–Crippen MR) is 103 cm³/mol. The van der Waals surface area contributed by atoms with Gasteiger partial charge in [-0.1, -0.05) is 19.4 Å². The first-order valence-electron chi connectivity index (χ1n) is 9.45. The number of nitrogens with zero attached hydrogens (tertiary/aromatic N) is 1. The number of hydrogen-bond donors (Lipinski definition) is 2. The van der Waals surface area contributed by atoms with Gasteiger partial charge in [0.15, 0.2) is 0 Å². The smallest absolute Gasteiger partial charge is 0.308 e. The lowest BCUT2D eigenvalue weighted by atomic mass is 10.1. The molecular formula is C20H29N3O4. The Morgan fingerprint density at radius 2 is 1.96 bits per heavy atom. The van der Waals surface area contributed by atoms with E-state index in [1.807, 2.05) is 32.9 Å². The lowest BCUT2D eigenvalue weighted by Gasteiger charge is -2.34. The second-order valence-electron chi connectivity index (χ2n) is 6.90. The standard InChI is InChI=1S/C20H29N3O4/c1-4-5-8-27-19(25)12-17-20(26)21-6-7-23(17)18(24)13-22-16-10-14(2)9-15(3)11-16/h9-11,17,22H,4-8,12-13H2,1-3H3,(H,21,26). The van der Waals surface area contributed by atoms with Crippen LogP contribution in [0.1, 0.15) is 37.3 Å².